The van der Waals surface area contributed by atoms with Crippen molar-refractivity contribution in [1.82, 2.24) is 0 Å². The zero-order chi connectivity index (χ0) is 10.9. The molecule has 0 aliphatic heterocycles. The molecule has 15 heavy (non-hydrogen) atoms. The summed E-state index contributed by atoms with van der Waals surface area (Å²) < 4.78 is 0. The topological polar surface area (TPSA) is 0 Å². The molecule has 0 nitrogen and oxygen atoms in total. The van der Waals surface area contributed by atoms with Crippen LogP contribution in [-0.2, 0) is 6.42 Å². The van der Waals surface area contributed by atoms with Crippen molar-refractivity contribution in [2.24, 2.45) is 11.3 Å². The van der Waals surface area contributed by atoms with E-state index in [9.17, 15) is 0 Å². The van der Waals surface area contributed by atoms with Gasteiger partial charge in [0.25, 0.3) is 0 Å². The van der Waals surface area contributed by atoms with E-state index in [0.717, 1.165) is 11.2 Å². The maximum Gasteiger partial charge on any atom is 0.00913 e. The molecule has 0 atom stereocenters. The normalized spacial score (nSPS) is 29.9. The molecule has 82 valence electrons. The third-order valence-electron chi connectivity index (χ3n) is 3.67. The maximum atomic E-state index is 3.69. The third-order valence-corrected chi connectivity index (χ3v) is 4.86. The monoisotopic (exact) mass is 266 g/mol. The summed E-state index contributed by atoms with van der Waals surface area (Å²) in [4.78, 5) is 0. The zero-order valence-corrected chi connectivity index (χ0v) is 11.2. The molecular weight excluding hydrogens is 248 g/mol. The van der Waals surface area contributed by atoms with Crippen LogP contribution in [0.1, 0.15) is 30.9 Å². The van der Waals surface area contributed by atoms with Gasteiger partial charge in [-0.1, -0.05) is 47.1 Å². The predicted octanol–water partition coefficient (Wildman–Crippen LogP) is 4.35. The number of aryl methyl sites for hydroxylation is 1. The van der Waals surface area contributed by atoms with Crippen LogP contribution < -0.4 is 0 Å². The van der Waals surface area contributed by atoms with Gasteiger partial charge in [0, 0.05) is 5.33 Å². The van der Waals surface area contributed by atoms with Crippen LogP contribution in [-0.4, -0.2) is 5.33 Å². The molecule has 1 aliphatic rings. The minimum atomic E-state index is 0.547. The molecule has 0 spiro atoms. The zero-order valence-electron chi connectivity index (χ0n) is 9.59. The second kappa shape index (κ2) is 4.29. The van der Waals surface area contributed by atoms with Crippen molar-refractivity contribution in [3.63, 3.8) is 0 Å². The lowest BCUT2D eigenvalue weighted by atomic mass is 9.61. The summed E-state index contributed by atoms with van der Waals surface area (Å²) >= 11 is 3.69. The Morgan fingerprint density at radius 2 is 2.00 bits per heavy atom. The average molecular weight is 267 g/mol. The fourth-order valence-corrected chi connectivity index (χ4v) is 3.59. The number of halogens is 1. The molecule has 0 bridgehead atoms. The molecule has 0 saturated heterocycles. The summed E-state index contributed by atoms with van der Waals surface area (Å²) in [6.45, 7) is 4.58. The van der Waals surface area contributed by atoms with Gasteiger partial charge in [0.15, 0.2) is 0 Å². The van der Waals surface area contributed by atoms with Crippen molar-refractivity contribution >= 4 is 15.9 Å². The molecule has 0 amide bonds. The smallest absolute Gasteiger partial charge is 0.00913 e. The van der Waals surface area contributed by atoms with Crippen LogP contribution in [0.25, 0.3) is 0 Å². The Bertz CT molecular complexity index is 337. The fourth-order valence-electron chi connectivity index (χ4n) is 2.93. The van der Waals surface area contributed by atoms with Crippen molar-refractivity contribution in [3.8, 4) is 0 Å². The summed E-state index contributed by atoms with van der Waals surface area (Å²) in [7, 11) is 0. The van der Waals surface area contributed by atoms with Crippen LogP contribution in [0.15, 0.2) is 24.3 Å². The van der Waals surface area contributed by atoms with Gasteiger partial charge in [-0.15, -0.1) is 0 Å². The number of hydrogen-bond acceptors (Lipinski definition) is 0. The first-order chi connectivity index (χ1) is 7.15. The van der Waals surface area contributed by atoms with Gasteiger partial charge < -0.3 is 0 Å². The van der Waals surface area contributed by atoms with Crippen LogP contribution in [0.2, 0.25) is 0 Å². The molecular formula is C14H19Br. The lowest BCUT2D eigenvalue weighted by Gasteiger charge is -2.46. The highest BCUT2D eigenvalue weighted by molar-refractivity contribution is 9.09. The Morgan fingerprint density at radius 1 is 1.33 bits per heavy atom. The molecule has 1 aliphatic carbocycles. The summed E-state index contributed by atoms with van der Waals surface area (Å²) in [5, 5.41) is 1.15. The Labute approximate surface area is 101 Å². The van der Waals surface area contributed by atoms with Crippen LogP contribution in [0.5, 0.6) is 0 Å². The van der Waals surface area contributed by atoms with Crippen molar-refractivity contribution in [2.75, 3.05) is 5.33 Å². The lowest BCUT2D eigenvalue weighted by molar-refractivity contribution is 0.0953. The van der Waals surface area contributed by atoms with Crippen LogP contribution >= 0.6 is 15.9 Å². The Balaban J connectivity index is 2.11. The van der Waals surface area contributed by atoms with E-state index in [1.54, 1.807) is 0 Å². The van der Waals surface area contributed by atoms with Crippen molar-refractivity contribution in [3.05, 3.63) is 35.4 Å². The number of hydrogen-bond donors (Lipinski definition) is 0. The molecule has 0 unspecified atom stereocenters. The van der Waals surface area contributed by atoms with E-state index < -0.39 is 0 Å². The van der Waals surface area contributed by atoms with E-state index in [0.29, 0.717) is 5.41 Å². The minimum Gasteiger partial charge on any atom is -0.0922 e. The van der Waals surface area contributed by atoms with E-state index in [1.165, 1.54) is 30.4 Å². The first-order valence-corrected chi connectivity index (χ1v) is 6.88. The Hall–Kier alpha value is -0.300. The van der Waals surface area contributed by atoms with Gasteiger partial charge in [-0.3, -0.25) is 0 Å². The van der Waals surface area contributed by atoms with Gasteiger partial charge in [-0.05, 0) is 48.6 Å². The van der Waals surface area contributed by atoms with E-state index in [-0.39, 0.29) is 0 Å². The molecule has 0 N–H and O–H groups in total. The van der Waals surface area contributed by atoms with E-state index in [1.807, 2.05) is 0 Å². The second-order valence-corrected chi connectivity index (χ2v) is 5.81. The molecule has 1 saturated carbocycles. The van der Waals surface area contributed by atoms with Gasteiger partial charge in [0.1, 0.15) is 0 Å². The van der Waals surface area contributed by atoms with Crippen molar-refractivity contribution in [2.45, 2.75) is 33.1 Å². The Kier molecular flexibility index (Phi) is 3.20. The highest BCUT2D eigenvalue weighted by atomic mass is 79.9. The molecule has 1 heteroatoms. The Morgan fingerprint density at radius 3 is 2.53 bits per heavy atom. The lowest BCUT2D eigenvalue weighted by Crippen LogP contribution is -2.39. The quantitative estimate of drug-likeness (QED) is 0.714. The first-order valence-electron chi connectivity index (χ1n) is 5.76. The van der Waals surface area contributed by atoms with Gasteiger partial charge >= 0.3 is 0 Å². The summed E-state index contributed by atoms with van der Waals surface area (Å²) in [5.41, 5.74) is 3.52. The molecule has 0 aromatic heterocycles. The minimum absolute atomic E-state index is 0.547. The molecule has 0 radical (unpaired) electrons. The van der Waals surface area contributed by atoms with Crippen molar-refractivity contribution in [1.29, 1.82) is 0 Å². The molecule has 1 aromatic rings. The second-order valence-electron chi connectivity index (χ2n) is 5.25. The molecule has 0 heterocycles. The highest BCUT2D eigenvalue weighted by Gasteiger charge is 2.40. The largest absolute Gasteiger partial charge is 0.0922 e. The van der Waals surface area contributed by atoms with Crippen LogP contribution in [0.3, 0.4) is 0 Å². The number of benzene rings is 1. The molecule has 2 rings (SSSR count). The van der Waals surface area contributed by atoms with Gasteiger partial charge in [0.05, 0.1) is 0 Å². The van der Waals surface area contributed by atoms with E-state index >= 15 is 0 Å². The van der Waals surface area contributed by atoms with Gasteiger partial charge in [0.2, 0.25) is 0 Å². The third kappa shape index (κ3) is 2.28. The first kappa shape index (κ1) is 11.2. The molecule has 1 fully saturated rings. The molecule has 1 aromatic carbocycles. The van der Waals surface area contributed by atoms with E-state index in [4.69, 9.17) is 0 Å². The van der Waals surface area contributed by atoms with Gasteiger partial charge in [-0.2, -0.15) is 0 Å². The van der Waals surface area contributed by atoms with Crippen molar-refractivity contribution < 1.29 is 0 Å². The summed E-state index contributed by atoms with van der Waals surface area (Å²) in [5.74, 6) is 0.923. The summed E-state index contributed by atoms with van der Waals surface area (Å²) in [6.07, 6.45) is 4.01. The van der Waals surface area contributed by atoms with E-state index in [2.05, 4.69) is 54.0 Å². The van der Waals surface area contributed by atoms with Gasteiger partial charge in [-0.25, -0.2) is 0 Å². The SMILES string of the molecule is Cc1ccccc1CC1(CBr)CC(C)C1. The average Bonchev–Trinajstić information content (AvgIpc) is 2.18. The number of alkyl halides is 1. The van der Waals surface area contributed by atoms with Crippen LogP contribution in [0, 0.1) is 18.3 Å². The highest BCUT2D eigenvalue weighted by Crippen LogP contribution is 2.49. The predicted molar refractivity (Wildman–Crippen MR) is 69.5 cm³/mol. The standard InChI is InChI=1S/C14H19Br/c1-11-7-14(8-11,10-15)9-13-6-4-3-5-12(13)2/h3-6,11H,7-10H2,1-2H3. The van der Waals surface area contributed by atoms with Crippen LogP contribution in [0.4, 0.5) is 0 Å². The summed E-state index contributed by atoms with van der Waals surface area (Å²) in [6, 6.07) is 8.79. The fraction of sp³-hybridized carbons (Fsp3) is 0.571. The maximum absolute atomic E-state index is 3.69. The number of rotatable bonds is 3.